The quantitative estimate of drug-likeness (QED) is 0.207. The molecule has 0 fully saturated rings. The minimum Gasteiger partial charge on any atom is -0.264 e. The molecule has 0 aliphatic carbocycles. The molecule has 0 saturated carbocycles. The molecule has 4 nitrogen and oxygen atoms in total. The lowest BCUT2D eigenvalue weighted by Gasteiger charge is -2.11. The van der Waals surface area contributed by atoms with E-state index in [4.69, 9.17) is 9.97 Å². The monoisotopic (exact) mass is 568 g/mol. The third-order valence-electron chi connectivity index (χ3n) is 7.69. The van der Waals surface area contributed by atoms with Crippen LogP contribution in [0.2, 0.25) is 0 Å². The van der Waals surface area contributed by atoms with E-state index in [0.717, 1.165) is 39.2 Å². The number of thiophene rings is 1. The van der Waals surface area contributed by atoms with Gasteiger partial charge < -0.3 is 0 Å². The van der Waals surface area contributed by atoms with Gasteiger partial charge in [0.2, 0.25) is 0 Å². The lowest BCUT2D eigenvalue weighted by atomic mass is 10.00. The normalized spacial score (nSPS) is 11.3. The van der Waals surface area contributed by atoms with Gasteiger partial charge in [0.15, 0.2) is 5.82 Å². The third-order valence-corrected chi connectivity index (χ3v) is 8.84. The summed E-state index contributed by atoms with van der Waals surface area (Å²) in [7, 11) is 0. The van der Waals surface area contributed by atoms with E-state index in [1.54, 1.807) is 12.4 Å². The van der Waals surface area contributed by atoms with Crippen LogP contribution in [0.5, 0.6) is 0 Å². The first-order valence-corrected chi connectivity index (χ1v) is 14.9. The average Bonchev–Trinajstić information content (AvgIpc) is 3.47. The zero-order valence-corrected chi connectivity index (χ0v) is 23.9. The molecular weight excluding hydrogens is 545 g/mol. The van der Waals surface area contributed by atoms with Crippen molar-refractivity contribution >= 4 is 31.5 Å². The fraction of sp³-hybridized carbons (Fsp3) is 0. The third kappa shape index (κ3) is 4.86. The van der Waals surface area contributed by atoms with Gasteiger partial charge in [0.05, 0.1) is 11.4 Å². The summed E-state index contributed by atoms with van der Waals surface area (Å²) < 4.78 is 2.63. The zero-order chi connectivity index (χ0) is 28.6. The van der Waals surface area contributed by atoms with Crippen molar-refractivity contribution in [3.05, 3.63) is 146 Å². The number of nitrogens with zero attached hydrogens (tertiary/aromatic N) is 4. The second-order valence-electron chi connectivity index (χ2n) is 10.4. The summed E-state index contributed by atoms with van der Waals surface area (Å²) in [6.45, 7) is 0. The number of aromatic nitrogens is 4. The molecule has 5 heteroatoms. The summed E-state index contributed by atoms with van der Waals surface area (Å²) in [6.07, 6.45) is 7.28. The van der Waals surface area contributed by atoms with Gasteiger partial charge in [-0.25, -0.2) is 9.97 Å². The maximum atomic E-state index is 5.06. The van der Waals surface area contributed by atoms with Crippen molar-refractivity contribution in [3.63, 3.8) is 0 Å². The highest BCUT2D eigenvalue weighted by Gasteiger charge is 2.13. The van der Waals surface area contributed by atoms with Gasteiger partial charge >= 0.3 is 0 Å². The minimum atomic E-state index is 0.668. The number of rotatable bonds is 5. The summed E-state index contributed by atoms with van der Waals surface area (Å²) in [5.74, 6) is 0.668. The SMILES string of the molecule is c1cncc(-c2cccc(-c3nc(-c4ccc(-c5ccc6sc7ccccc7c6c5)cc4)cc(-c4cccnc4)n3)c2)c1. The maximum Gasteiger partial charge on any atom is 0.160 e. The molecule has 0 radical (unpaired) electrons. The van der Waals surface area contributed by atoms with E-state index in [0.29, 0.717) is 5.82 Å². The van der Waals surface area contributed by atoms with Crippen molar-refractivity contribution in [2.45, 2.75) is 0 Å². The Balaban J connectivity index is 1.20. The van der Waals surface area contributed by atoms with Gasteiger partial charge in [0.1, 0.15) is 0 Å². The molecule has 0 bridgehead atoms. The Hall–Kier alpha value is -5.52. The van der Waals surface area contributed by atoms with Gasteiger partial charge in [-0.2, -0.15) is 0 Å². The van der Waals surface area contributed by atoms with E-state index in [9.17, 15) is 0 Å². The van der Waals surface area contributed by atoms with E-state index in [-0.39, 0.29) is 0 Å². The number of hydrogen-bond donors (Lipinski definition) is 0. The van der Waals surface area contributed by atoms with Crippen molar-refractivity contribution in [1.29, 1.82) is 0 Å². The first kappa shape index (κ1) is 25.2. The fourth-order valence-electron chi connectivity index (χ4n) is 5.50. The molecule has 0 aliphatic heterocycles. The zero-order valence-electron chi connectivity index (χ0n) is 23.1. The lowest BCUT2D eigenvalue weighted by molar-refractivity contribution is 1.18. The minimum absolute atomic E-state index is 0.668. The van der Waals surface area contributed by atoms with Gasteiger partial charge in [-0.15, -0.1) is 11.3 Å². The predicted octanol–water partition coefficient (Wildman–Crippen LogP) is 9.97. The topological polar surface area (TPSA) is 51.6 Å². The Labute approximate surface area is 253 Å². The molecule has 0 saturated heterocycles. The number of fused-ring (bicyclic) bond motifs is 3. The Morgan fingerprint density at radius 3 is 1.81 bits per heavy atom. The molecule has 8 aromatic rings. The van der Waals surface area contributed by atoms with Crippen molar-refractivity contribution in [2.24, 2.45) is 0 Å². The van der Waals surface area contributed by atoms with Gasteiger partial charge in [0, 0.05) is 67.2 Å². The molecule has 0 spiro atoms. The number of pyridine rings is 2. The molecule has 4 aromatic carbocycles. The highest BCUT2D eigenvalue weighted by Crippen LogP contribution is 2.37. The Bertz CT molecular complexity index is 2220. The van der Waals surface area contributed by atoms with Crippen LogP contribution in [-0.4, -0.2) is 19.9 Å². The van der Waals surface area contributed by atoms with Gasteiger partial charge in [-0.05, 0) is 65.2 Å². The number of hydrogen-bond acceptors (Lipinski definition) is 5. The molecule has 0 aliphatic rings. The fourth-order valence-corrected chi connectivity index (χ4v) is 6.58. The van der Waals surface area contributed by atoms with Crippen LogP contribution < -0.4 is 0 Å². The van der Waals surface area contributed by atoms with E-state index in [1.807, 2.05) is 54.1 Å². The van der Waals surface area contributed by atoms with Crippen LogP contribution in [0.3, 0.4) is 0 Å². The summed E-state index contributed by atoms with van der Waals surface area (Å²) >= 11 is 1.84. The van der Waals surface area contributed by atoms with Crippen molar-refractivity contribution < 1.29 is 0 Å². The van der Waals surface area contributed by atoms with Crippen molar-refractivity contribution in [1.82, 2.24) is 19.9 Å². The van der Waals surface area contributed by atoms with Gasteiger partial charge in [-0.1, -0.05) is 72.8 Å². The molecule has 0 unspecified atom stereocenters. The molecule has 4 heterocycles. The molecule has 43 heavy (non-hydrogen) atoms. The molecule has 0 atom stereocenters. The second kappa shape index (κ2) is 10.7. The largest absolute Gasteiger partial charge is 0.264 e. The van der Waals surface area contributed by atoms with E-state index in [1.165, 1.54) is 31.3 Å². The summed E-state index contributed by atoms with van der Waals surface area (Å²) in [6, 6.07) is 42.4. The highest BCUT2D eigenvalue weighted by molar-refractivity contribution is 7.25. The van der Waals surface area contributed by atoms with Gasteiger partial charge in [0.25, 0.3) is 0 Å². The first-order valence-electron chi connectivity index (χ1n) is 14.1. The van der Waals surface area contributed by atoms with Gasteiger partial charge in [-0.3, -0.25) is 9.97 Å². The summed E-state index contributed by atoms with van der Waals surface area (Å²) in [5.41, 5.74) is 9.12. The molecule has 8 rings (SSSR count). The van der Waals surface area contributed by atoms with Crippen LogP contribution in [-0.2, 0) is 0 Å². The average molecular weight is 569 g/mol. The van der Waals surface area contributed by atoms with Crippen molar-refractivity contribution in [3.8, 4) is 56.2 Å². The molecule has 0 amide bonds. The van der Waals surface area contributed by atoms with E-state index < -0.39 is 0 Å². The first-order chi connectivity index (χ1) is 21.3. The maximum absolute atomic E-state index is 5.06. The highest BCUT2D eigenvalue weighted by atomic mass is 32.1. The van der Waals surface area contributed by atoms with Crippen LogP contribution in [0.1, 0.15) is 0 Å². The van der Waals surface area contributed by atoms with Crippen LogP contribution >= 0.6 is 11.3 Å². The second-order valence-corrected chi connectivity index (χ2v) is 11.5. The summed E-state index contributed by atoms with van der Waals surface area (Å²) in [4.78, 5) is 18.7. The van der Waals surface area contributed by atoms with E-state index >= 15 is 0 Å². The smallest absolute Gasteiger partial charge is 0.160 e. The molecule has 0 N–H and O–H groups in total. The van der Waals surface area contributed by atoms with Crippen LogP contribution in [0.4, 0.5) is 0 Å². The van der Waals surface area contributed by atoms with E-state index in [2.05, 4.69) is 101 Å². The summed E-state index contributed by atoms with van der Waals surface area (Å²) in [5, 5.41) is 2.61. The predicted molar refractivity (Wildman–Crippen MR) is 178 cm³/mol. The molecular formula is C38H24N4S. The van der Waals surface area contributed by atoms with Crippen LogP contribution in [0.25, 0.3) is 76.3 Å². The van der Waals surface area contributed by atoms with Crippen LogP contribution in [0, 0.1) is 0 Å². The Morgan fingerprint density at radius 2 is 1.02 bits per heavy atom. The molecule has 202 valence electrons. The lowest BCUT2D eigenvalue weighted by Crippen LogP contribution is -1.96. The standard InChI is InChI=1S/C38H24N4S/c1-2-11-36-32(10-1)33-21-28(16-17-37(33)43-36)25-12-14-26(15-13-25)34-22-35(31-9-5-19-40-24-31)42-38(41-34)29-7-3-6-27(20-29)30-8-4-18-39-23-30/h1-24H. The molecule has 4 aromatic heterocycles. The van der Waals surface area contributed by atoms with Crippen molar-refractivity contribution in [2.75, 3.05) is 0 Å². The Kier molecular flexibility index (Phi) is 6.28. The van der Waals surface area contributed by atoms with Crippen LogP contribution in [0.15, 0.2) is 146 Å². The number of benzene rings is 4. The Morgan fingerprint density at radius 1 is 0.395 bits per heavy atom.